The molecule has 10 rings (SSSR count). The summed E-state index contributed by atoms with van der Waals surface area (Å²) < 4.78 is 62.8. The molecule has 0 saturated heterocycles. The number of benzene rings is 4. The molecule has 0 aliphatic rings. The van der Waals surface area contributed by atoms with Crippen molar-refractivity contribution in [3.8, 4) is 22.9 Å². The predicted molar refractivity (Wildman–Crippen MR) is 283 cm³/mol. The number of carbonyl (C=O) groups excluding carboxylic acids is 1. The Hall–Kier alpha value is -7.52. The zero-order chi connectivity index (χ0) is 48.5. The van der Waals surface area contributed by atoms with Crippen LogP contribution >= 0.6 is 36.6 Å². The van der Waals surface area contributed by atoms with E-state index in [1.165, 1.54) is 12.7 Å². The number of sulfone groups is 2. The second-order valence-electron chi connectivity index (χ2n) is 15.3. The molecule has 0 fully saturated rings. The summed E-state index contributed by atoms with van der Waals surface area (Å²) >= 11 is 1.79. The zero-order valence-corrected chi connectivity index (χ0v) is 42.0. The standard InChI is InChI=1S/C27H25N5O3S2.C24H16N4O4S.2ClH/c1-36-14-13-28-16-20-9-12-26(35-20)24-15-23-25(17-29-24)30-18-31-27(23)32-19-7-10-22(11-8-19)37(33,34)21-5-3-2-4-6-21;29-14-17-8-11-23(32-17)21-12-20-22(13-25-21)26-15-27-24(20)28-16-6-9-19(10-7-16)33(30,31)18-4-2-1-3-5-18;;/h2-12,15,17-18,28H,13-14,16H2,1H3,(H,30,31,32);1-15H,(H,26,27,28);2*1H. The van der Waals surface area contributed by atoms with E-state index in [0.29, 0.717) is 75.2 Å². The van der Waals surface area contributed by atoms with Crippen LogP contribution in [0.4, 0.5) is 23.0 Å². The second kappa shape index (κ2) is 23.6. The average Bonchev–Trinajstić information content (AvgIpc) is 4.10. The number of carbonyl (C=O) groups is 1. The summed E-state index contributed by atoms with van der Waals surface area (Å²) in [5.41, 5.74) is 3.84. The number of nitrogens with one attached hydrogen (secondary N) is 3. The molecule has 0 aliphatic heterocycles. The first-order chi connectivity index (χ1) is 34.1. The normalized spacial score (nSPS) is 11.2. The number of furan rings is 2. The number of halogens is 2. The maximum absolute atomic E-state index is 12.9. The highest BCUT2D eigenvalue weighted by Crippen LogP contribution is 2.31. The van der Waals surface area contributed by atoms with Gasteiger partial charge < -0.3 is 24.8 Å². The van der Waals surface area contributed by atoms with Gasteiger partial charge in [0.1, 0.15) is 41.4 Å². The lowest BCUT2D eigenvalue weighted by molar-refractivity contribution is 0.110. The molecule has 0 saturated carbocycles. The number of rotatable bonds is 16. The number of thioether (sulfide) groups is 1. The van der Waals surface area contributed by atoms with Crippen LogP contribution < -0.4 is 16.0 Å². The third-order valence-corrected chi connectivity index (χ3v) is 14.9. The third kappa shape index (κ3) is 12.0. The smallest absolute Gasteiger partial charge is 0.206 e. The molecule has 0 radical (unpaired) electrons. The Morgan fingerprint density at radius 1 is 0.542 bits per heavy atom. The van der Waals surface area contributed by atoms with Crippen LogP contribution in [-0.4, -0.2) is 71.6 Å². The highest BCUT2D eigenvalue weighted by Gasteiger charge is 2.19. The van der Waals surface area contributed by atoms with Crippen molar-refractivity contribution < 1.29 is 30.5 Å². The van der Waals surface area contributed by atoms with E-state index in [0.717, 1.165) is 23.4 Å². The quantitative estimate of drug-likeness (QED) is 0.0604. The summed E-state index contributed by atoms with van der Waals surface area (Å²) in [6.07, 6.45) is 8.87. The molecule has 0 bridgehead atoms. The lowest BCUT2D eigenvalue weighted by Crippen LogP contribution is -2.15. The zero-order valence-electron chi connectivity index (χ0n) is 37.9. The minimum atomic E-state index is -3.60. The molecule has 0 spiro atoms. The highest BCUT2D eigenvalue weighted by molar-refractivity contribution is 7.98. The van der Waals surface area contributed by atoms with E-state index in [-0.39, 0.29) is 50.2 Å². The first-order valence-corrected chi connectivity index (χ1v) is 25.9. The van der Waals surface area contributed by atoms with Gasteiger partial charge in [-0.1, -0.05) is 36.4 Å². The minimum Gasteiger partial charge on any atom is -0.458 e. The van der Waals surface area contributed by atoms with Crippen LogP contribution in [0.5, 0.6) is 0 Å². The second-order valence-corrected chi connectivity index (χ2v) is 20.2. The number of pyridine rings is 2. The number of aldehydes is 1. The maximum Gasteiger partial charge on any atom is 0.206 e. The van der Waals surface area contributed by atoms with Gasteiger partial charge in [0.25, 0.3) is 0 Å². The monoisotopic (exact) mass is 1060 g/mol. The van der Waals surface area contributed by atoms with Crippen LogP contribution in [0, 0.1) is 0 Å². The Labute approximate surface area is 430 Å². The van der Waals surface area contributed by atoms with Crippen LogP contribution in [0.25, 0.3) is 44.7 Å². The van der Waals surface area contributed by atoms with E-state index in [2.05, 4.69) is 52.1 Å². The van der Waals surface area contributed by atoms with Crippen molar-refractivity contribution in [1.29, 1.82) is 0 Å². The predicted octanol–water partition coefficient (Wildman–Crippen LogP) is 10.8. The molecule has 6 heterocycles. The number of aromatic nitrogens is 6. The van der Waals surface area contributed by atoms with E-state index in [1.54, 1.807) is 152 Å². The van der Waals surface area contributed by atoms with E-state index >= 15 is 0 Å². The number of nitrogens with zero attached hydrogens (tertiary/aromatic N) is 6. The average molecular weight is 1060 g/mol. The van der Waals surface area contributed by atoms with E-state index in [9.17, 15) is 21.6 Å². The fourth-order valence-electron chi connectivity index (χ4n) is 7.12. The van der Waals surface area contributed by atoms with Crippen molar-refractivity contribution in [3.63, 3.8) is 0 Å². The molecule has 0 aliphatic carbocycles. The Morgan fingerprint density at radius 3 is 1.46 bits per heavy atom. The van der Waals surface area contributed by atoms with Crippen molar-refractivity contribution in [2.45, 2.75) is 26.1 Å². The van der Waals surface area contributed by atoms with Crippen molar-refractivity contribution in [3.05, 3.63) is 182 Å². The van der Waals surface area contributed by atoms with Gasteiger partial charge in [0.2, 0.25) is 19.7 Å². The van der Waals surface area contributed by atoms with E-state index in [4.69, 9.17) is 8.83 Å². The molecular formula is C51H43Cl2N9O7S3. The minimum absolute atomic E-state index is 0. The van der Waals surface area contributed by atoms with Gasteiger partial charge in [0.15, 0.2) is 23.6 Å². The number of anilines is 4. The first kappa shape index (κ1) is 52.3. The summed E-state index contributed by atoms with van der Waals surface area (Å²) in [7, 11) is -7.18. The highest BCUT2D eigenvalue weighted by atomic mass is 35.5. The molecule has 366 valence electrons. The van der Waals surface area contributed by atoms with Gasteiger partial charge in [0, 0.05) is 34.4 Å². The molecule has 10 aromatic rings. The van der Waals surface area contributed by atoms with Crippen molar-refractivity contribution in [2.24, 2.45) is 0 Å². The van der Waals surface area contributed by atoms with Gasteiger partial charge in [-0.2, -0.15) is 11.8 Å². The molecule has 21 heteroatoms. The molecule has 4 aromatic carbocycles. The van der Waals surface area contributed by atoms with Gasteiger partial charge in [0.05, 0.1) is 49.6 Å². The Bertz CT molecular complexity index is 3670. The molecule has 0 unspecified atom stereocenters. The van der Waals surface area contributed by atoms with Gasteiger partial charge in [-0.25, -0.2) is 36.8 Å². The molecule has 0 atom stereocenters. The molecule has 3 N–H and O–H groups in total. The first-order valence-electron chi connectivity index (χ1n) is 21.5. The number of fused-ring (bicyclic) bond motifs is 2. The topological polar surface area (TPSA) is 225 Å². The summed E-state index contributed by atoms with van der Waals surface area (Å²) in [4.78, 5) is 38.0. The lowest BCUT2D eigenvalue weighted by atomic mass is 10.2. The van der Waals surface area contributed by atoms with E-state index < -0.39 is 19.7 Å². The fourth-order valence-corrected chi connectivity index (χ4v) is 10.0. The van der Waals surface area contributed by atoms with Gasteiger partial charge in [-0.15, -0.1) is 24.8 Å². The number of hydrogen-bond donors (Lipinski definition) is 3. The molecule has 16 nitrogen and oxygen atoms in total. The third-order valence-electron chi connectivity index (χ3n) is 10.7. The molecule has 72 heavy (non-hydrogen) atoms. The van der Waals surface area contributed by atoms with Crippen molar-refractivity contribution in [2.75, 3.05) is 29.2 Å². The fraction of sp³-hybridized carbons (Fsp3) is 0.0784. The van der Waals surface area contributed by atoms with Crippen LogP contribution in [0.15, 0.2) is 199 Å². The Morgan fingerprint density at radius 2 is 1.00 bits per heavy atom. The van der Waals surface area contributed by atoms with E-state index in [1.807, 2.05) is 18.2 Å². The van der Waals surface area contributed by atoms with Crippen LogP contribution in [-0.2, 0) is 26.2 Å². The SMILES string of the molecule is CSCCNCc1ccc(-c2cc3c(Nc4ccc(S(=O)(=O)c5ccccc5)cc4)ncnc3cn2)o1.Cl.Cl.O=Cc1ccc(-c2cc3c(Nc4ccc(S(=O)(=O)c5ccccc5)cc4)ncnc3cn2)o1. The lowest BCUT2D eigenvalue weighted by Gasteiger charge is -2.10. The summed E-state index contributed by atoms with van der Waals surface area (Å²) in [6.45, 7) is 1.57. The Kier molecular flexibility index (Phi) is 17.1. The van der Waals surface area contributed by atoms with Crippen LogP contribution in [0.1, 0.15) is 16.3 Å². The maximum atomic E-state index is 12.9. The summed E-state index contributed by atoms with van der Waals surface area (Å²) in [5.74, 6) is 4.30. The van der Waals surface area contributed by atoms with Crippen molar-refractivity contribution >= 4 is 107 Å². The van der Waals surface area contributed by atoms with Crippen molar-refractivity contribution in [1.82, 2.24) is 35.2 Å². The molecule has 6 aromatic heterocycles. The van der Waals surface area contributed by atoms with Gasteiger partial charge in [-0.05, 0) is 115 Å². The van der Waals surface area contributed by atoms with Crippen LogP contribution in [0.2, 0.25) is 0 Å². The molecule has 0 amide bonds. The summed E-state index contributed by atoms with van der Waals surface area (Å²) in [5, 5.41) is 11.3. The Balaban J connectivity index is 0.000000207. The number of hydrogen-bond acceptors (Lipinski definition) is 17. The van der Waals surface area contributed by atoms with Gasteiger partial charge in [-0.3, -0.25) is 14.8 Å². The van der Waals surface area contributed by atoms with Crippen LogP contribution in [0.3, 0.4) is 0 Å². The van der Waals surface area contributed by atoms with Gasteiger partial charge >= 0.3 is 0 Å². The summed E-state index contributed by atoms with van der Waals surface area (Å²) in [6, 6.07) is 40.4. The molecular weight excluding hydrogens is 1020 g/mol. The largest absolute Gasteiger partial charge is 0.458 e.